The highest BCUT2D eigenvalue weighted by Gasteiger charge is 2.23. The minimum Gasteiger partial charge on any atom is -0.497 e. The van der Waals surface area contributed by atoms with Crippen LogP contribution in [0.1, 0.15) is 15.9 Å². The molecular weight excluding hydrogens is 412 g/mol. The number of carbonyl (C=O) groups excluding carboxylic acids is 1. The van der Waals surface area contributed by atoms with E-state index in [1.54, 1.807) is 92.0 Å². The zero-order valence-corrected chi connectivity index (χ0v) is 18.0. The number of hydrogen-bond donors (Lipinski definition) is 1. The Labute approximate surface area is 182 Å². The summed E-state index contributed by atoms with van der Waals surface area (Å²) in [5.74, 6) is 0.452. The highest BCUT2D eigenvalue weighted by Crippen LogP contribution is 2.19. The second-order valence-corrected chi connectivity index (χ2v) is 8.72. The Balaban J connectivity index is 1.71. The number of rotatable bonds is 9. The number of nitrogens with one attached hydrogen (secondary N) is 1. The van der Waals surface area contributed by atoms with Crippen molar-refractivity contribution in [2.75, 3.05) is 19.0 Å². The zero-order valence-electron chi connectivity index (χ0n) is 17.2. The van der Waals surface area contributed by atoms with Crippen molar-refractivity contribution in [2.24, 2.45) is 0 Å². The summed E-state index contributed by atoms with van der Waals surface area (Å²) in [7, 11) is -2.08. The van der Waals surface area contributed by atoms with Crippen LogP contribution < -0.4 is 10.1 Å². The summed E-state index contributed by atoms with van der Waals surface area (Å²) in [4.78, 5) is 12.7. The Morgan fingerprint density at radius 1 is 1.00 bits per heavy atom. The lowest BCUT2D eigenvalue weighted by atomic mass is 10.1. The molecule has 1 amide bonds. The minimum absolute atomic E-state index is 0.170. The Morgan fingerprint density at radius 3 is 2.23 bits per heavy atom. The van der Waals surface area contributed by atoms with E-state index < -0.39 is 10.0 Å². The molecule has 0 saturated heterocycles. The van der Waals surface area contributed by atoms with Crippen LogP contribution in [-0.2, 0) is 16.6 Å². The molecule has 3 aromatic carbocycles. The van der Waals surface area contributed by atoms with Gasteiger partial charge < -0.3 is 10.1 Å². The first kappa shape index (κ1) is 22.3. The number of hydrogen-bond acceptors (Lipinski definition) is 4. The first-order valence-corrected chi connectivity index (χ1v) is 11.1. The van der Waals surface area contributed by atoms with Crippen molar-refractivity contribution in [3.8, 4) is 5.75 Å². The molecule has 0 unspecified atom stereocenters. The Kier molecular flexibility index (Phi) is 7.23. The second-order valence-electron chi connectivity index (χ2n) is 6.78. The van der Waals surface area contributed by atoms with Gasteiger partial charge in [0.1, 0.15) is 5.75 Å². The molecule has 7 heteroatoms. The molecule has 0 atom stereocenters. The van der Waals surface area contributed by atoms with Crippen LogP contribution in [-0.4, -0.2) is 32.3 Å². The molecule has 0 saturated carbocycles. The van der Waals surface area contributed by atoms with Gasteiger partial charge in [-0.15, -0.1) is 6.58 Å². The Hall–Kier alpha value is -3.42. The predicted octanol–water partition coefficient (Wildman–Crippen LogP) is 4.32. The van der Waals surface area contributed by atoms with Crippen molar-refractivity contribution in [1.29, 1.82) is 0 Å². The number of ether oxygens (including phenoxy) is 1. The maximum atomic E-state index is 13.0. The lowest BCUT2D eigenvalue weighted by Gasteiger charge is -2.21. The molecule has 0 aliphatic heterocycles. The molecule has 1 N–H and O–H groups in total. The number of sulfonamides is 1. The van der Waals surface area contributed by atoms with Crippen molar-refractivity contribution in [1.82, 2.24) is 4.31 Å². The number of methoxy groups -OCH3 is 1. The van der Waals surface area contributed by atoms with Gasteiger partial charge in [0, 0.05) is 24.3 Å². The largest absolute Gasteiger partial charge is 0.497 e. The molecule has 160 valence electrons. The molecule has 6 nitrogen and oxygen atoms in total. The van der Waals surface area contributed by atoms with Gasteiger partial charge in [0.25, 0.3) is 5.91 Å². The fourth-order valence-corrected chi connectivity index (χ4v) is 4.40. The van der Waals surface area contributed by atoms with Gasteiger partial charge in [-0.05, 0) is 54.1 Å². The maximum Gasteiger partial charge on any atom is 0.255 e. The SMILES string of the molecule is C=CCN(Cc1ccc(C(=O)Nc2ccc(OC)cc2)cc1)S(=O)(=O)c1ccccc1. The van der Waals surface area contributed by atoms with E-state index >= 15 is 0 Å². The number of nitrogens with zero attached hydrogens (tertiary/aromatic N) is 1. The van der Waals surface area contributed by atoms with E-state index in [2.05, 4.69) is 11.9 Å². The number of benzene rings is 3. The fourth-order valence-electron chi connectivity index (χ4n) is 2.98. The van der Waals surface area contributed by atoms with Gasteiger partial charge >= 0.3 is 0 Å². The standard InChI is InChI=1S/C24H24N2O4S/c1-3-17-26(31(28,29)23-7-5-4-6-8-23)18-19-9-11-20(12-10-19)24(27)25-21-13-15-22(30-2)16-14-21/h3-16H,1,17-18H2,2H3,(H,25,27). The molecule has 0 bridgehead atoms. The van der Waals surface area contributed by atoms with Crippen molar-refractivity contribution in [2.45, 2.75) is 11.4 Å². The summed E-state index contributed by atoms with van der Waals surface area (Å²) >= 11 is 0. The van der Waals surface area contributed by atoms with Gasteiger partial charge in [-0.2, -0.15) is 4.31 Å². The highest BCUT2D eigenvalue weighted by molar-refractivity contribution is 7.89. The molecule has 0 radical (unpaired) electrons. The minimum atomic E-state index is -3.66. The molecule has 31 heavy (non-hydrogen) atoms. The van der Waals surface area contributed by atoms with E-state index in [9.17, 15) is 13.2 Å². The topological polar surface area (TPSA) is 75.7 Å². The summed E-state index contributed by atoms with van der Waals surface area (Å²) < 4.78 is 32.4. The van der Waals surface area contributed by atoms with Gasteiger partial charge in [-0.1, -0.05) is 36.4 Å². The van der Waals surface area contributed by atoms with E-state index in [1.165, 1.54) is 4.31 Å². The summed E-state index contributed by atoms with van der Waals surface area (Å²) in [6.07, 6.45) is 1.55. The first-order valence-electron chi connectivity index (χ1n) is 9.64. The highest BCUT2D eigenvalue weighted by atomic mass is 32.2. The van der Waals surface area contributed by atoms with Crippen LogP contribution in [0.2, 0.25) is 0 Å². The van der Waals surface area contributed by atoms with Crippen LogP contribution in [0.3, 0.4) is 0 Å². The van der Waals surface area contributed by atoms with Crippen molar-refractivity contribution in [3.63, 3.8) is 0 Å². The van der Waals surface area contributed by atoms with Gasteiger partial charge in [0.2, 0.25) is 10.0 Å². The monoisotopic (exact) mass is 436 g/mol. The Bertz CT molecular complexity index is 1130. The molecule has 3 aromatic rings. The van der Waals surface area contributed by atoms with E-state index in [-0.39, 0.29) is 23.9 Å². The molecule has 0 aromatic heterocycles. The van der Waals surface area contributed by atoms with Crippen molar-refractivity contribution >= 4 is 21.6 Å². The molecule has 3 rings (SSSR count). The summed E-state index contributed by atoms with van der Waals surface area (Å²) in [6.45, 7) is 4.02. The number of amides is 1. The van der Waals surface area contributed by atoms with Crippen LogP contribution >= 0.6 is 0 Å². The lowest BCUT2D eigenvalue weighted by Crippen LogP contribution is -2.30. The van der Waals surface area contributed by atoms with Gasteiger partial charge in [0.05, 0.1) is 12.0 Å². The van der Waals surface area contributed by atoms with E-state index in [0.717, 1.165) is 5.56 Å². The molecular formula is C24H24N2O4S. The van der Waals surface area contributed by atoms with Gasteiger partial charge in [-0.25, -0.2) is 8.42 Å². The summed E-state index contributed by atoms with van der Waals surface area (Å²) in [5, 5.41) is 2.82. The first-order chi connectivity index (χ1) is 14.9. The van der Waals surface area contributed by atoms with Crippen LogP contribution in [0.5, 0.6) is 5.75 Å². The third-order valence-corrected chi connectivity index (χ3v) is 6.46. The Morgan fingerprint density at radius 2 is 1.65 bits per heavy atom. The fraction of sp³-hybridized carbons (Fsp3) is 0.125. The van der Waals surface area contributed by atoms with Crippen LogP contribution in [0, 0.1) is 0 Å². The second kappa shape index (κ2) is 10.1. The normalized spacial score (nSPS) is 11.2. The average molecular weight is 437 g/mol. The van der Waals surface area contributed by atoms with Crippen molar-refractivity contribution in [3.05, 3.63) is 103 Å². The maximum absolute atomic E-state index is 13.0. The summed E-state index contributed by atoms with van der Waals surface area (Å²) in [6, 6.07) is 22.2. The quantitative estimate of drug-likeness (QED) is 0.507. The molecule has 0 aliphatic carbocycles. The zero-order chi connectivity index (χ0) is 22.3. The van der Waals surface area contributed by atoms with Crippen LogP contribution in [0.25, 0.3) is 0 Å². The van der Waals surface area contributed by atoms with E-state index in [0.29, 0.717) is 17.0 Å². The lowest BCUT2D eigenvalue weighted by molar-refractivity contribution is 0.102. The predicted molar refractivity (Wildman–Crippen MR) is 122 cm³/mol. The number of carbonyl (C=O) groups is 1. The smallest absolute Gasteiger partial charge is 0.255 e. The van der Waals surface area contributed by atoms with E-state index in [1.807, 2.05) is 0 Å². The summed E-state index contributed by atoms with van der Waals surface area (Å²) in [5.41, 5.74) is 1.89. The third kappa shape index (κ3) is 5.59. The molecule has 0 fully saturated rings. The molecule has 0 aliphatic rings. The molecule has 0 heterocycles. The average Bonchev–Trinajstić information content (AvgIpc) is 2.80. The van der Waals surface area contributed by atoms with Gasteiger partial charge in [-0.3, -0.25) is 4.79 Å². The van der Waals surface area contributed by atoms with Crippen LogP contribution in [0.4, 0.5) is 5.69 Å². The number of anilines is 1. The van der Waals surface area contributed by atoms with Crippen molar-refractivity contribution < 1.29 is 17.9 Å². The van der Waals surface area contributed by atoms with Crippen LogP contribution in [0.15, 0.2) is 96.4 Å². The molecule has 0 spiro atoms. The van der Waals surface area contributed by atoms with Gasteiger partial charge in [0.15, 0.2) is 0 Å². The third-order valence-electron chi connectivity index (χ3n) is 4.64. The van der Waals surface area contributed by atoms with E-state index in [4.69, 9.17) is 4.74 Å².